The molecule has 1 amide bonds. The number of hydrogen-bond acceptors (Lipinski definition) is 5. The van der Waals surface area contributed by atoms with Gasteiger partial charge in [-0.3, -0.25) is 4.79 Å². The van der Waals surface area contributed by atoms with Gasteiger partial charge in [-0.1, -0.05) is 18.2 Å². The molecule has 1 N–H and O–H groups in total. The van der Waals surface area contributed by atoms with Crippen LogP contribution in [0.3, 0.4) is 0 Å². The van der Waals surface area contributed by atoms with Crippen molar-refractivity contribution >= 4 is 15.9 Å². The Balaban J connectivity index is 1.41. The Morgan fingerprint density at radius 3 is 2.41 bits per heavy atom. The van der Waals surface area contributed by atoms with Crippen LogP contribution in [0.15, 0.2) is 53.7 Å². The number of piperidine rings is 1. The van der Waals surface area contributed by atoms with Gasteiger partial charge in [-0.15, -0.1) is 0 Å². The molecule has 0 radical (unpaired) electrons. The Bertz CT molecular complexity index is 910. The van der Waals surface area contributed by atoms with Crippen molar-refractivity contribution in [2.75, 3.05) is 13.1 Å². The lowest BCUT2D eigenvalue weighted by Gasteiger charge is -2.53. The molecule has 2 heterocycles. The number of aromatic nitrogens is 2. The average molecular weight is 386 g/mol. The number of nitrogens with one attached hydrogen (secondary N) is 1. The van der Waals surface area contributed by atoms with Gasteiger partial charge in [0, 0.05) is 19.1 Å². The second kappa shape index (κ2) is 7.01. The first-order valence-corrected chi connectivity index (χ1v) is 10.6. The Labute approximate surface area is 158 Å². The van der Waals surface area contributed by atoms with Gasteiger partial charge in [0.15, 0.2) is 0 Å². The minimum atomic E-state index is -3.51. The SMILES string of the molecule is O=C(c1ccnnc1)N1CCC2(CCC2NS(=O)(=O)c2ccccc2)CC1. The van der Waals surface area contributed by atoms with Gasteiger partial charge in [0.25, 0.3) is 5.91 Å². The van der Waals surface area contributed by atoms with Crippen LogP contribution in [0.1, 0.15) is 36.0 Å². The molecule has 1 unspecified atom stereocenters. The molecule has 0 bridgehead atoms. The number of likely N-dealkylation sites (tertiary alicyclic amines) is 1. The first-order chi connectivity index (χ1) is 13.0. The zero-order valence-corrected chi connectivity index (χ0v) is 15.7. The molecule has 1 saturated carbocycles. The summed E-state index contributed by atoms with van der Waals surface area (Å²) in [4.78, 5) is 14.7. The predicted octanol–water partition coefficient (Wildman–Crippen LogP) is 1.84. The molecule has 4 rings (SSSR count). The number of hydrogen-bond donors (Lipinski definition) is 1. The minimum absolute atomic E-state index is 0.0412. The molecular weight excluding hydrogens is 364 g/mol. The Kier molecular flexibility index (Phi) is 4.69. The van der Waals surface area contributed by atoms with Gasteiger partial charge in [0.1, 0.15) is 0 Å². The Morgan fingerprint density at radius 2 is 1.81 bits per heavy atom. The molecule has 1 aliphatic heterocycles. The summed E-state index contributed by atoms with van der Waals surface area (Å²) in [5, 5.41) is 7.46. The number of carbonyl (C=O) groups is 1. The van der Waals surface area contributed by atoms with Gasteiger partial charge in [-0.05, 0) is 49.3 Å². The third-order valence-electron chi connectivity index (χ3n) is 5.90. The lowest BCUT2D eigenvalue weighted by molar-refractivity contribution is 0.00507. The first kappa shape index (κ1) is 18.1. The summed E-state index contributed by atoms with van der Waals surface area (Å²) in [6.07, 6.45) is 6.44. The standard InChI is InChI=1S/C19H22N4O3S/c24-18(15-7-11-20-21-14-15)23-12-9-19(10-13-23)8-6-17(19)22-27(25,26)16-4-2-1-3-5-16/h1-5,7,11,14,17,22H,6,8-10,12-13H2. The molecule has 1 aliphatic carbocycles. The minimum Gasteiger partial charge on any atom is -0.339 e. The molecule has 8 heteroatoms. The van der Waals surface area contributed by atoms with E-state index in [4.69, 9.17) is 0 Å². The van der Waals surface area contributed by atoms with Crippen LogP contribution >= 0.6 is 0 Å². The van der Waals surface area contributed by atoms with Crippen LogP contribution in [0.4, 0.5) is 0 Å². The molecule has 1 spiro atoms. The summed E-state index contributed by atoms with van der Waals surface area (Å²) in [5.41, 5.74) is 0.491. The molecule has 1 aromatic heterocycles. The van der Waals surface area contributed by atoms with Crippen LogP contribution in [0.5, 0.6) is 0 Å². The summed E-state index contributed by atoms with van der Waals surface area (Å²) in [7, 11) is -3.51. The topological polar surface area (TPSA) is 92.3 Å². The summed E-state index contributed by atoms with van der Waals surface area (Å²) in [6.45, 7) is 1.26. The smallest absolute Gasteiger partial charge is 0.255 e. The van der Waals surface area contributed by atoms with Crippen molar-refractivity contribution in [1.82, 2.24) is 19.8 Å². The van der Waals surface area contributed by atoms with Gasteiger partial charge in [0.2, 0.25) is 10.0 Å². The van der Waals surface area contributed by atoms with Crippen LogP contribution in [-0.2, 0) is 10.0 Å². The van der Waals surface area contributed by atoms with Crippen molar-refractivity contribution < 1.29 is 13.2 Å². The third-order valence-corrected chi connectivity index (χ3v) is 7.39. The first-order valence-electron chi connectivity index (χ1n) is 9.14. The summed E-state index contributed by atoms with van der Waals surface area (Å²) < 4.78 is 28.2. The van der Waals surface area contributed by atoms with Gasteiger partial charge in [-0.2, -0.15) is 10.2 Å². The summed E-state index contributed by atoms with van der Waals surface area (Å²) in [6, 6.07) is 10.1. The van der Waals surface area contributed by atoms with E-state index < -0.39 is 10.0 Å². The molecule has 2 aliphatic rings. The molecular formula is C19H22N4O3S. The fourth-order valence-corrected chi connectivity index (χ4v) is 5.48. The Hall–Kier alpha value is -2.32. The van der Waals surface area contributed by atoms with Crippen molar-refractivity contribution in [1.29, 1.82) is 0 Å². The van der Waals surface area contributed by atoms with Crippen LogP contribution in [0.2, 0.25) is 0 Å². The molecule has 2 fully saturated rings. The number of benzene rings is 1. The highest BCUT2D eigenvalue weighted by Gasteiger charge is 2.50. The number of rotatable bonds is 4. The zero-order chi connectivity index (χ0) is 18.9. The molecule has 1 saturated heterocycles. The highest BCUT2D eigenvalue weighted by atomic mass is 32.2. The fourth-order valence-electron chi connectivity index (χ4n) is 4.09. The van der Waals surface area contributed by atoms with E-state index in [0.29, 0.717) is 23.5 Å². The van der Waals surface area contributed by atoms with Crippen molar-refractivity contribution in [3.63, 3.8) is 0 Å². The quantitative estimate of drug-likeness (QED) is 0.866. The normalized spacial score (nSPS) is 21.6. The second-order valence-corrected chi connectivity index (χ2v) is 9.03. The van der Waals surface area contributed by atoms with E-state index in [1.165, 1.54) is 12.4 Å². The van der Waals surface area contributed by atoms with Gasteiger partial charge < -0.3 is 4.90 Å². The predicted molar refractivity (Wildman–Crippen MR) is 99.4 cm³/mol. The van der Waals surface area contributed by atoms with Crippen molar-refractivity contribution in [2.24, 2.45) is 5.41 Å². The maximum absolute atomic E-state index is 12.6. The van der Waals surface area contributed by atoms with E-state index in [0.717, 1.165) is 25.7 Å². The van der Waals surface area contributed by atoms with Crippen molar-refractivity contribution in [3.05, 3.63) is 54.4 Å². The van der Waals surface area contributed by atoms with E-state index in [1.807, 2.05) is 4.90 Å². The lowest BCUT2D eigenvalue weighted by Crippen LogP contribution is -2.59. The van der Waals surface area contributed by atoms with Gasteiger partial charge >= 0.3 is 0 Å². The van der Waals surface area contributed by atoms with Gasteiger partial charge in [0.05, 0.1) is 22.9 Å². The second-order valence-electron chi connectivity index (χ2n) is 7.31. The van der Waals surface area contributed by atoms with Gasteiger partial charge in [-0.25, -0.2) is 13.1 Å². The Morgan fingerprint density at radius 1 is 1.07 bits per heavy atom. The molecule has 1 aromatic carbocycles. The van der Waals surface area contributed by atoms with Crippen LogP contribution < -0.4 is 4.72 Å². The molecule has 1 atom stereocenters. The lowest BCUT2D eigenvalue weighted by atomic mass is 9.59. The number of sulfonamides is 1. The number of amides is 1. The van der Waals surface area contributed by atoms with Crippen LogP contribution in [0, 0.1) is 5.41 Å². The van der Waals surface area contributed by atoms with E-state index in [1.54, 1.807) is 36.4 Å². The molecule has 142 valence electrons. The maximum Gasteiger partial charge on any atom is 0.255 e. The van der Waals surface area contributed by atoms with Crippen LogP contribution in [0.25, 0.3) is 0 Å². The van der Waals surface area contributed by atoms with Crippen LogP contribution in [-0.4, -0.2) is 48.6 Å². The van der Waals surface area contributed by atoms with Crippen molar-refractivity contribution in [2.45, 2.75) is 36.6 Å². The molecule has 7 nitrogen and oxygen atoms in total. The highest BCUT2D eigenvalue weighted by Crippen LogP contribution is 2.49. The third kappa shape index (κ3) is 3.46. The summed E-state index contributed by atoms with van der Waals surface area (Å²) >= 11 is 0. The van der Waals surface area contributed by atoms with E-state index in [2.05, 4.69) is 14.9 Å². The zero-order valence-electron chi connectivity index (χ0n) is 14.9. The largest absolute Gasteiger partial charge is 0.339 e. The van der Waals surface area contributed by atoms with E-state index >= 15 is 0 Å². The summed E-state index contributed by atoms with van der Waals surface area (Å²) in [5.74, 6) is -0.0412. The monoisotopic (exact) mass is 386 g/mol. The maximum atomic E-state index is 12.6. The highest BCUT2D eigenvalue weighted by molar-refractivity contribution is 7.89. The fraction of sp³-hybridized carbons (Fsp3) is 0.421. The van der Waals surface area contributed by atoms with Crippen molar-refractivity contribution in [3.8, 4) is 0 Å². The van der Waals surface area contributed by atoms with E-state index in [-0.39, 0.29) is 17.4 Å². The number of carbonyl (C=O) groups excluding carboxylic acids is 1. The number of nitrogens with zero attached hydrogens (tertiary/aromatic N) is 3. The average Bonchev–Trinajstić information content (AvgIpc) is 2.72. The van der Waals surface area contributed by atoms with E-state index in [9.17, 15) is 13.2 Å². The molecule has 27 heavy (non-hydrogen) atoms. The molecule has 2 aromatic rings.